The van der Waals surface area contributed by atoms with Crippen LogP contribution in [0.15, 0.2) is 24.3 Å². The SMILES string of the molecule is CC(C)CNC(=O)[C@H](CCC(=O)OC(C)(C)C)NC(=O)Nc1cccc(NC(=O)N[C@@H](CCC(=O)OC(C)(C)C)C(=O)NCC(C)C)c1. The standard InChI is InChI=1S/C34H56N6O8/c1-21(2)19-35-29(43)25(14-16-27(41)47-33(5,6)7)39-31(45)37-23-12-11-13-24(18-23)38-32(46)40-26(30(44)36-20-22(3)4)15-17-28(42)48-34(8,9)10/h11-13,18,21-22,25-26H,14-17,19-20H2,1-10H3,(H,35,43)(H,36,44)(H2,37,39,45)(H2,38,40,46)/t25-,26-/m0/s1. The first-order valence-electron chi connectivity index (χ1n) is 16.4. The van der Waals surface area contributed by atoms with E-state index in [0.717, 1.165) is 0 Å². The van der Waals surface area contributed by atoms with E-state index in [-0.39, 0.29) is 37.5 Å². The number of amides is 6. The Labute approximate surface area is 284 Å². The molecule has 0 unspecified atom stereocenters. The lowest BCUT2D eigenvalue weighted by Crippen LogP contribution is -2.49. The van der Waals surface area contributed by atoms with E-state index < -0.39 is 59.1 Å². The van der Waals surface area contributed by atoms with E-state index in [0.29, 0.717) is 24.5 Å². The summed E-state index contributed by atoms with van der Waals surface area (Å²) >= 11 is 0. The molecule has 14 nitrogen and oxygen atoms in total. The van der Waals surface area contributed by atoms with Crippen LogP contribution in [0.3, 0.4) is 0 Å². The number of esters is 2. The average Bonchev–Trinajstić information content (AvgIpc) is 2.93. The minimum absolute atomic E-state index is 0.0217. The second-order valence-corrected chi connectivity index (χ2v) is 14.4. The first-order valence-corrected chi connectivity index (χ1v) is 16.4. The van der Waals surface area contributed by atoms with Crippen LogP contribution >= 0.6 is 0 Å². The molecule has 270 valence electrons. The molecule has 0 heterocycles. The number of hydrogen-bond acceptors (Lipinski definition) is 8. The fourth-order valence-corrected chi connectivity index (χ4v) is 4.03. The first kappa shape index (κ1) is 41.7. The normalized spacial score (nSPS) is 12.8. The number of benzene rings is 1. The summed E-state index contributed by atoms with van der Waals surface area (Å²) in [5.74, 6) is -1.50. The lowest BCUT2D eigenvalue weighted by Gasteiger charge is -2.22. The van der Waals surface area contributed by atoms with Gasteiger partial charge in [-0.05, 0) is 84.4 Å². The summed E-state index contributed by atoms with van der Waals surface area (Å²) in [5, 5.41) is 16.0. The third-order valence-corrected chi connectivity index (χ3v) is 6.11. The van der Waals surface area contributed by atoms with Crippen LogP contribution < -0.4 is 31.9 Å². The van der Waals surface area contributed by atoms with Crippen molar-refractivity contribution in [3.05, 3.63) is 24.3 Å². The van der Waals surface area contributed by atoms with Crippen LogP contribution in [0.1, 0.15) is 94.9 Å². The number of anilines is 2. The van der Waals surface area contributed by atoms with E-state index in [1.54, 1.807) is 59.7 Å². The Morgan fingerprint density at radius 2 is 0.979 bits per heavy atom. The van der Waals surface area contributed by atoms with E-state index >= 15 is 0 Å². The van der Waals surface area contributed by atoms with Gasteiger partial charge in [-0.2, -0.15) is 0 Å². The third-order valence-electron chi connectivity index (χ3n) is 6.11. The van der Waals surface area contributed by atoms with E-state index in [1.165, 1.54) is 6.07 Å². The Bertz CT molecular complexity index is 1160. The van der Waals surface area contributed by atoms with Crippen LogP contribution in [0.2, 0.25) is 0 Å². The van der Waals surface area contributed by atoms with Gasteiger partial charge in [0.05, 0.1) is 0 Å². The van der Waals surface area contributed by atoms with Gasteiger partial charge in [-0.25, -0.2) is 9.59 Å². The van der Waals surface area contributed by atoms with Crippen molar-refractivity contribution in [2.75, 3.05) is 23.7 Å². The average molecular weight is 677 g/mol. The van der Waals surface area contributed by atoms with Gasteiger partial charge in [-0.3, -0.25) is 19.2 Å². The zero-order valence-electron chi connectivity index (χ0n) is 30.1. The Morgan fingerprint density at radius 3 is 1.29 bits per heavy atom. The Hall–Kier alpha value is -4.36. The molecule has 0 bridgehead atoms. The second-order valence-electron chi connectivity index (χ2n) is 14.4. The first-order chi connectivity index (χ1) is 22.1. The third kappa shape index (κ3) is 19.3. The molecule has 1 aromatic carbocycles. The highest BCUT2D eigenvalue weighted by Crippen LogP contribution is 2.16. The van der Waals surface area contributed by atoms with Gasteiger partial charge in [0.2, 0.25) is 11.8 Å². The number of urea groups is 2. The maximum absolute atomic E-state index is 12.9. The Morgan fingerprint density at radius 1 is 0.625 bits per heavy atom. The van der Waals surface area contributed by atoms with Crippen LogP contribution in [-0.4, -0.2) is 72.2 Å². The summed E-state index contributed by atoms with van der Waals surface area (Å²) in [6.07, 6.45) is -0.123. The van der Waals surface area contributed by atoms with Crippen LogP contribution in [0.5, 0.6) is 0 Å². The zero-order chi connectivity index (χ0) is 36.7. The minimum Gasteiger partial charge on any atom is -0.460 e. The monoisotopic (exact) mass is 676 g/mol. The maximum atomic E-state index is 12.9. The van der Waals surface area contributed by atoms with Crippen molar-refractivity contribution in [2.24, 2.45) is 11.8 Å². The molecule has 0 aliphatic heterocycles. The van der Waals surface area contributed by atoms with Gasteiger partial charge in [0.25, 0.3) is 0 Å². The molecule has 0 fully saturated rings. The number of carbonyl (C=O) groups excluding carboxylic acids is 6. The number of nitrogens with one attached hydrogen (secondary N) is 6. The topological polar surface area (TPSA) is 193 Å². The second kappa shape index (κ2) is 19.5. The molecule has 48 heavy (non-hydrogen) atoms. The van der Waals surface area contributed by atoms with Crippen molar-refractivity contribution in [2.45, 2.75) is 118 Å². The van der Waals surface area contributed by atoms with E-state index in [9.17, 15) is 28.8 Å². The Balaban J connectivity index is 2.92. The molecule has 6 amide bonds. The van der Waals surface area contributed by atoms with Gasteiger partial charge in [-0.1, -0.05) is 33.8 Å². The molecule has 2 atom stereocenters. The Kier molecular flexibility index (Phi) is 16.9. The maximum Gasteiger partial charge on any atom is 0.319 e. The number of ether oxygens (including phenoxy) is 2. The highest BCUT2D eigenvalue weighted by molar-refractivity contribution is 5.96. The van der Waals surface area contributed by atoms with E-state index in [2.05, 4.69) is 31.9 Å². The number of hydrogen-bond donors (Lipinski definition) is 6. The van der Waals surface area contributed by atoms with Gasteiger partial charge >= 0.3 is 24.0 Å². The van der Waals surface area contributed by atoms with E-state index in [1.807, 2.05) is 27.7 Å². The fraction of sp³-hybridized carbons (Fsp3) is 0.647. The van der Waals surface area contributed by atoms with Crippen molar-refractivity contribution in [1.29, 1.82) is 0 Å². The van der Waals surface area contributed by atoms with Crippen LogP contribution in [0.25, 0.3) is 0 Å². The zero-order valence-corrected chi connectivity index (χ0v) is 30.1. The highest BCUT2D eigenvalue weighted by Gasteiger charge is 2.26. The summed E-state index contributed by atoms with van der Waals surface area (Å²) in [7, 11) is 0. The molecular weight excluding hydrogens is 620 g/mol. The smallest absolute Gasteiger partial charge is 0.319 e. The summed E-state index contributed by atoms with van der Waals surface area (Å²) in [5.41, 5.74) is -0.770. The van der Waals surface area contributed by atoms with Gasteiger partial charge in [0.1, 0.15) is 23.3 Å². The molecule has 0 saturated heterocycles. The molecule has 0 aromatic heterocycles. The van der Waals surface area contributed by atoms with Crippen LogP contribution in [-0.2, 0) is 28.7 Å². The fourth-order valence-electron chi connectivity index (χ4n) is 4.03. The minimum atomic E-state index is -1.01. The van der Waals surface area contributed by atoms with Crippen molar-refractivity contribution >= 4 is 47.2 Å². The molecule has 1 aromatic rings. The molecule has 0 aliphatic rings. The largest absolute Gasteiger partial charge is 0.460 e. The van der Waals surface area contributed by atoms with Crippen LogP contribution in [0.4, 0.5) is 21.0 Å². The van der Waals surface area contributed by atoms with E-state index in [4.69, 9.17) is 9.47 Å². The van der Waals surface area contributed by atoms with Gasteiger partial charge < -0.3 is 41.4 Å². The van der Waals surface area contributed by atoms with Gasteiger partial charge in [0.15, 0.2) is 0 Å². The van der Waals surface area contributed by atoms with Crippen molar-refractivity contribution < 1.29 is 38.2 Å². The molecule has 6 N–H and O–H groups in total. The quantitative estimate of drug-likeness (QED) is 0.138. The lowest BCUT2D eigenvalue weighted by molar-refractivity contribution is -0.156. The number of rotatable bonds is 16. The van der Waals surface area contributed by atoms with Crippen LogP contribution in [0, 0.1) is 11.8 Å². The molecule has 0 saturated carbocycles. The summed E-state index contributed by atoms with van der Waals surface area (Å²) in [6.45, 7) is 19.0. The summed E-state index contributed by atoms with van der Waals surface area (Å²) in [6, 6.07) is 2.83. The molecule has 1 rings (SSSR count). The van der Waals surface area contributed by atoms with Gasteiger partial charge in [0, 0.05) is 37.3 Å². The van der Waals surface area contributed by atoms with Crippen molar-refractivity contribution in [1.82, 2.24) is 21.3 Å². The number of carbonyl (C=O) groups is 6. The predicted octanol–water partition coefficient (Wildman–Crippen LogP) is 4.46. The highest BCUT2D eigenvalue weighted by atomic mass is 16.6. The van der Waals surface area contributed by atoms with Gasteiger partial charge in [-0.15, -0.1) is 0 Å². The van der Waals surface area contributed by atoms with Crippen molar-refractivity contribution in [3.63, 3.8) is 0 Å². The molecule has 0 spiro atoms. The summed E-state index contributed by atoms with van der Waals surface area (Å²) < 4.78 is 10.7. The predicted molar refractivity (Wildman–Crippen MR) is 184 cm³/mol. The molecular formula is C34H56N6O8. The molecule has 14 heteroatoms. The van der Waals surface area contributed by atoms with Crippen molar-refractivity contribution in [3.8, 4) is 0 Å². The summed E-state index contributed by atoms with van der Waals surface area (Å²) in [4.78, 5) is 76.1. The molecule has 0 radical (unpaired) electrons. The lowest BCUT2D eigenvalue weighted by atomic mass is 10.1. The molecule has 0 aliphatic carbocycles.